The third kappa shape index (κ3) is 5.16. The van der Waals surface area contributed by atoms with Crippen LogP contribution >= 0.6 is 0 Å². The second kappa shape index (κ2) is 10.2. The van der Waals surface area contributed by atoms with E-state index >= 15 is 0 Å². The number of sulfonamides is 1. The summed E-state index contributed by atoms with van der Waals surface area (Å²) in [6, 6.07) is 12.1. The second-order valence-corrected chi connectivity index (χ2v) is 9.60. The summed E-state index contributed by atoms with van der Waals surface area (Å²) in [4.78, 5) is 12.8. The average molecular weight is 463 g/mol. The van der Waals surface area contributed by atoms with Gasteiger partial charge in [-0.05, 0) is 49.6 Å². The molecule has 32 heavy (non-hydrogen) atoms. The maximum Gasteiger partial charge on any atom is 0.246 e. The fourth-order valence-electron chi connectivity index (χ4n) is 3.79. The number of carbonyl (C=O) groups excluding carboxylic acids is 1. The van der Waals surface area contributed by atoms with Gasteiger partial charge in [0.05, 0.1) is 27.4 Å². The van der Waals surface area contributed by atoms with Crippen LogP contribution in [-0.2, 0) is 14.8 Å². The molecule has 0 spiro atoms. The molecule has 0 unspecified atom stereocenters. The number of hydrogen-bond donors (Lipinski definition) is 1. The van der Waals surface area contributed by atoms with E-state index in [1.807, 2.05) is 31.2 Å². The minimum Gasteiger partial charge on any atom is -0.497 e. The molecule has 1 heterocycles. The number of hydrogen-bond acceptors (Lipinski definition) is 6. The fourth-order valence-corrected chi connectivity index (χ4v) is 5.43. The highest BCUT2D eigenvalue weighted by molar-refractivity contribution is 7.89. The molecule has 1 aliphatic heterocycles. The van der Waals surface area contributed by atoms with Crippen LogP contribution in [0, 0.1) is 5.92 Å². The number of nitrogens with zero attached hydrogens (tertiary/aromatic N) is 1. The topological polar surface area (TPSA) is 94.2 Å². The van der Waals surface area contributed by atoms with Gasteiger partial charge < -0.3 is 19.5 Å². The normalized spacial score (nSPS) is 16.2. The van der Waals surface area contributed by atoms with Crippen molar-refractivity contribution in [1.82, 2.24) is 9.62 Å². The molecular weight excluding hydrogens is 432 g/mol. The highest BCUT2D eigenvalue weighted by Gasteiger charge is 2.34. The van der Waals surface area contributed by atoms with Crippen LogP contribution in [0.5, 0.6) is 17.2 Å². The minimum absolute atomic E-state index is 0.0652. The molecule has 3 rings (SSSR count). The van der Waals surface area contributed by atoms with Crippen molar-refractivity contribution in [3.8, 4) is 17.2 Å². The van der Waals surface area contributed by atoms with Crippen LogP contribution < -0.4 is 19.5 Å². The van der Waals surface area contributed by atoms with Crippen molar-refractivity contribution in [2.45, 2.75) is 30.7 Å². The van der Waals surface area contributed by atoms with Crippen molar-refractivity contribution in [2.75, 3.05) is 34.4 Å². The minimum atomic E-state index is -3.77. The SMILES string of the molecule is COc1ccc([C@@H](C)NC(=O)C2CCN(S(=O)(=O)c3cc(OC)ccc3OC)CC2)cc1. The Bertz CT molecular complexity index is 1030. The van der Waals surface area contributed by atoms with Crippen LogP contribution in [0.3, 0.4) is 0 Å². The molecule has 1 amide bonds. The smallest absolute Gasteiger partial charge is 0.246 e. The number of benzene rings is 2. The molecule has 0 radical (unpaired) electrons. The van der Waals surface area contributed by atoms with Crippen molar-refractivity contribution in [1.29, 1.82) is 0 Å². The Morgan fingerprint density at radius 2 is 1.56 bits per heavy atom. The van der Waals surface area contributed by atoms with Gasteiger partial charge in [-0.25, -0.2) is 8.42 Å². The van der Waals surface area contributed by atoms with Gasteiger partial charge in [0, 0.05) is 25.1 Å². The Morgan fingerprint density at radius 1 is 0.969 bits per heavy atom. The van der Waals surface area contributed by atoms with E-state index in [0.29, 0.717) is 18.6 Å². The zero-order valence-corrected chi connectivity index (χ0v) is 19.6. The van der Waals surface area contributed by atoms with E-state index in [9.17, 15) is 13.2 Å². The number of ether oxygens (including phenoxy) is 3. The molecule has 0 bridgehead atoms. The highest BCUT2D eigenvalue weighted by atomic mass is 32.2. The quantitative estimate of drug-likeness (QED) is 0.648. The van der Waals surface area contributed by atoms with Gasteiger partial charge >= 0.3 is 0 Å². The van der Waals surface area contributed by atoms with Gasteiger partial charge in [0.25, 0.3) is 0 Å². The van der Waals surface area contributed by atoms with E-state index < -0.39 is 10.0 Å². The zero-order chi connectivity index (χ0) is 23.3. The predicted octanol–water partition coefficient (Wildman–Crippen LogP) is 2.99. The largest absolute Gasteiger partial charge is 0.497 e. The first kappa shape index (κ1) is 23.9. The molecule has 2 aromatic rings. The lowest BCUT2D eigenvalue weighted by atomic mass is 9.96. The Hall–Kier alpha value is -2.78. The maximum absolute atomic E-state index is 13.2. The van der Waals surface area contributed by atoms with E-state index in [2.05, 4.69) is 5.32 Å². The van der Waals surface area contributed by atoms with Crippen LogP contribution in [0.25, 0.3) is 0 Å². The summed E-state index contributed by atoms with van der Waals surface area (Å²) >= 11 is 0. The fraction of sp³-hybridized carbons (Fsp3) is 0.435. The number of methoxy groups -OCH3 is 3. The molecular formula is C23H30N2O6S. The molecule has 8 nitrogen and oxygen atoms in total. The first-order valence-electron chi connectivity index (χ1n) is 10.5. The molecule has 1 N–H and O–H groups in total. The third-order valence-corrected chi connectivity index (χ3v) is 7.71. The standard InChI is InChI=1S/C23H30N2O6S/c1-16(17-5-7-19(29-2)8-6-17)24-23(26)18-11-13-25(14-12-18)32(27,28)22-15-20(30-3)9-10-21(22)31-4/h5-10,15-16,18H,11-14H2,1-4H3,(H,24,26)/t16-/m1/s1. The highest BCUT2D eigenvalue weighted by Crippen LogP contribution is 2.32. The van der Waals surface area contributed by atoms with E-state index in [4.69, 9.17) is 14.2 Å². The zero-order valence-electron chi connectivity index (χ0n) is 18.8. The predicted molar refractivity (Wildman–Crippen MR) is 121 cm³/mol. The van der Waals surface area contributed by atoms with Gasteiger partial charge in [-0.2, -0.15) is 4.31 Å². The van der Waals surface area contributed by atoms with Gasteiger partial charge in [-0.3, -0.25) is 4.79 Å². The Kier molecular flexibility index (Phi) is 7.63. The molecule has 1 fully saturated rings. The van der Waals surface area contributed by atoms with Crippen molar-refractivity contribution in [2.24, 2.45) is 5.92 Å². The van der Waals surface area contributed by atoms with Crippen LogP contribution in [0.4, 0.5) is 0 Å². The van der Waals surface area contributed by atoms with Crippen molar-refractivity contribution >= 4 is 15.9 Å². The Labute approximate surface area is 189 Å². The third-order valence-electron chi connectivity index (χ3n) is 5.79. The molecule has 1 aliphatic rings. The average Bonchev–Trinajstić information content (AvgIpc) is 2.83. The van der Waals surface area contributed by atoms with Crippen molar-refractivity contribution < 1.29 is 27.4 Å². The van der Waals surface area contributed by atoms with Gasteiger partial charge in [0.1, 0.15) is 22.1 Å². The maximum atomic E-state index is 13.2. The first-order valence-corrected chi connectivity index (χ1v) is 11.9. The van der Waals surface area contributed by atoms with E-state index in [1.165, 1.54) is 24.6 Å². The van der Waals surface area contributed by atoms with E-state index in [1.54, 1.807) is 19.2 Å². The van der Waals surface area contributed by atoms with Crippen molar-refractivity contribution in [3.05, 3.63) is 48.0 Å². The van der Waals surface area contributed by atoms with E-state index in [-0.39, 0.29) is 41.6 Å². The first-order chi connectivity index (χ1) is 15.3. The Morgan fingerprint density at radius 3 is 2.12 bits per heavy atom. The molecule has 174 valence electrons. The monoisotopic (exact) mass is 462 g/mol. The van der Waals surface area contributed by atoms with Gasteiger partial charge in [-0.15, -0.1) is 0 Å². The molecule has 0 aromatic heterocycles. The summed E-state index contributed by atoms with van der Waals surface area (Å²) in [6.45, 7) is 2.45. The summed E-state index contributed by atoms with van der Waals surface area (Å²) in [6.07, 6.45) is 0.902. The summed E-state index contributed by atoms with van der Waals surface area (Å²) in [5.41, 5.74) is 0.976. The van der Waals surface area contributed by atoms with Crippen LogP contribution in [0.1, 0.15) is 31.4 Å². The summed E-state index contributed by atoms with van der Waals surface area (Å²) in [5.74, 6) is 1.15. The number of amides is 1. The summed E-state index contributed by atoms with van der Waals surface area (Å²) in [7, 11) is 0.747. The van der Waals surface area contributed by atoms with Crippen LogP contribution in [0.15, 0.2) is 47.4 Å². The number of rotatable bonds is 8. The van der Waals surface area contributed by atoms with Crippen LogP contribution in [0.2, 0.25) is 0 Å². The molecule has 0 saturated carbocycles. The summed E-state index contributed by atoms with van der Waals surface area (Å²) in [5, 5.41) is 3.04. The molecule has 9 heteroatoms. The lowest BCUT2D eigenvalue weighted by Crippen LogP contribution is -2.43. The van der Waals surface area contributed by atoms with Gasteiger partial charge in [0.15, 0.2) is 0 Å². The molecule has 0 aliphatic carbocycles. The Balaban J connectivity index is 1.63. The van der Waals surface area contributed by atoms with E-state index in [0.717, 1.165) is 11.3 Å². The number of piperidine rings is 1. The molecule has 2 aromatic carbocycles. The second-order valence-electron chi connectivity index (χ2n) is 7.70. The number of nitrogens with one attached hydrogen (secondary N) is 1. The van der Waals surface area contributed by atoms with Gasteiger partial charge in [0.2, 0.25) is 15.9 Å². The summed E-state index contributed by atoms with van der Waals surface area (Å²) < 4.78 is 43.4. The molecule has 1 saturated heterocycles. The lowest BCUT2D eigenvalue weighted by molar-refractivity contribution is -0.126. The number of carbonyl (C=O) groups is 1. The molecule has 1 atom stereocenters. The lowest BCUT2D eigenvalue weighted by Gasteiger charge is -2.31. The van der Waals surface area contributed by atoms with Crippen molar-refractivity contribution in [3.63, 3.8) is 0 Å². The van der Waals surface area contributed by atoms with Crippen LogP contribution in [-0.4, -0.2) is 53.0 Å². The van der Waals surface area contributed by atoms with Gasteiger partial charge in [-0.1, -0.05) is 12.1 Å².